The molecule has 0 bridgehead atoms. The molecule has 4 nitrogen and oxygen atoms in total. The van der Waals surface area contributed by atoms with Gasteiger partial charge in [0.15, 0.2) is 0 Å². The lowest BCUT2D eigenvalue weighted by atomic mass is 10.0. The zero-order valence-corrected chi connectivity index (χ0v) is 8.28. The Labute approximate surface area is 83.8 Å². The molecule has 1 saturated carbocycles. The van der Waals surface area contributed by atoms with Crippen molar-refractivity contribution in [1.82, 2.24) is 10.2 Å². The van der Waals surface area contributed by atoms with Gasteiger partial charge in [0.25, 0.3) is 0 Å². The molecule has 2 heterocycles. The third kappa shape index (κ3) is 1.17. The van der Waals surface area contributed by atoms with Crippen LogP contribution in [0.3, 0.4) is 0 Å². The maximum Gasteiger partial charge on any atom is 0.234 e. The number of rotatable bonds is 3. The van der Waals surface area contributed by atoms with Gasteiger partial charge < -0.3 is 11.1 Å². The van der Waals surface area contributed by atoms with Gasteiger partial charge in [-0.1, -0.05) is 0 Å². The highest BCUT2D eigenvalue weighted by Crippen LogP contribution is 2.49. The van der Waals surface area contributed by atoms with Gasteiger partial charge >= 0.3 is 0 Å². The summed E-state index contributed by atoms with van der Waals surface area (Å²) >= 11 is 0. The Morgan fingerprint density at radius 3 is 2.64 bits per heavy atom. The van der Waals surface area contributed by atoms with Crippen LogP contribution in [0.2, 0.25) is 0 Å². The van der Waals surface area contributed by atoms with E-state index in [-0.39, 0.29) is 11.9 Å². The molecule has 3 unspecified atom stereocenters. The average Bonchev–Trinajstić information content (AvgIpc) is 2.56. The van der Waals surface area contributed by atoms with E-state index in [1.165, 1.54) is 13.1 Å². The van der Waals surface area contributed by atoms with Crippen LogP contribution >= 0.6 is 0 Å². The Kier molecular flexibility index (Phi) is 1.82. The molecule has 2 aliphatic heterocycles. The number of amides is 1. The molecule has 1 aliphatic carbocycles. The number of nitrogens with one attached hydrogen (secondary N) is 1. The second kappa shape index (κ2) is 2.94. The van der Waals surface area contributed by atoms with Gasteiger partial charge in [-0.3, -0.25) is 9.69 Å². The van der Waals surface area contributed by atoms with Crippen molar-refractivity contribution in [2.75, 3.05) is 26.2 Å². The number of hydrogen-bond donors (Lipinski definition) is 2. The molecule has 3 fully saturated rings. The van der Waals surface area contributed by atoms with Crippen molar-refractivity contribution in [3.8, 4) is 0 Å². The van der Waals surface area contributed by atoms with Gasteiger partial charge in [0.05, 0.1) is 6.04 Å². The van der Waals surface area contributed by atoms with Gasteiger partial charge in [-0.05, 0) is 37.3 Å². The fraction of sp³-hybridized carbons (Fsp3) is 0.900. The smallest absolute Gasteiger partial charge is 0.234 e. The number of hydrogen-bond acceptors (Lipinski definition) is 3. The van der Waals surface area contributed by atoms with E-state index < -0.39 is 0 Å². The van der Waals surface area contributed by atoms with E-state index in [0.29, 0.717) is 0 Å². The van der Waals surface area contributed by atoms with Crippen LogP contribution in [0.15, 0.2) is 0 Å². The molecule has 0 spiro atoms. The number of fused-ring (bicyclic) bond motifs is 1. The molecule has 0 radical (unpaired) electrons. The molecule has 3 rings (SSSR count). The highest BCUT2D eigenvalue weighted by molar-refractivity contribution is 5.80. The lowest BCUT2D eigenvalue weighted by Crippen LogP contribution is -2.55. The van der Waals surface area contributed by atoms with Crippen LogP contribution in [-0.2, 0) is 4.79 Å². The second-order valence-electron chi connectivity index (χ2n) is 4.85. The first-order valence-electron chi connectivity index (χ1n) is 5.51. The normalized spacial score (nSPS) is 45.7. The molecule has 2 saturated heterocycles. The third-order valence-electron chi connectivity index (χ3n) is 4.17. The zero-order valence-electron chi connectivity index (χ0n) is 8.28. The second-order valence-corrected chi connectivity index (χ2v) is 4.85. The van der Waals surface area contributed by atoms with E-state index in [4.69, 9.17) is 5.73 Å². The van der Waals surface area contributed by atoms with Crippen LogP contribution in [-0.4, -0.2) is 43.0 Å². The molecule has 14 heavy (non-hydrogen) atoms. The third-order valence-corrected chi connectivity index (χ3v) is 4.17. The van der Waals surface area contributed by atoms with Crippen LogP contribution in [0, 0.1) is 17.8 Å². The van der Waals surface area contributed by atoms with Crippen molar-refractivity contribution >= 4 is 5.91 Å². The van der Waals surface area contributed by atoms with Gasteiger partial charge in [0.1, 0.15) is 0 Å². The fourth-order valence-corrected chi connectivity index (χ4v) is 3.07. The number of nitrogens with zero attached hydrogens (tertiary/aromatic N) is 1. The largest absolute Gasteiger partial charge is 0.368 e. The summed E-state index contributed by atoms with van der Waals surface area (Å²) in [6.45, 7) is 4.54. The average molecular weight is 195 g/mol. The highest BCUT2D eigenvalue weighted by Gasteiger charge is 2.54. The van der Waals surface area contributed by atoms with Crippen LogP contribution < -0.4 is 11.1 Å². The Bertz CT molecular complexity index is 258. The van der Waals surface area contributed by atoms with Crippen molar-refractivity contribution < 1.29 is 4.79 Å². The Balaban J connectivity index is 1.52. The number of piperidine rings is 1. The van der Waals surface area contributed by atoms with Crippen molar-refractivity contribution in [1.29, 1.82) is 0 Å². The fourth-order valence-electron chi connectivity index (χ4n) is 3.07. The predicted molar refractivity (Wildman–Crippen MR) is 52.5 cm³/mol. The monoisotopic (exact) mass is 195 g/mol. The van der Waals surface area contributed by atoms with Crippen LogP contribution in [0.25, 0.3) is 0 Å². The molecule has 0 aromatic rings. The minimum absolute atomic E-state index is 0.0456. The van der Waals surface area contributed by atoms with Crippen molar-refractivity contribution in [2.24, 2.45) is 23.5 Å². The number of nitrogens with two attached hydrogens (primary N) is 1. The molecule has 3 N–H and O–H groups in total. The lowest BCUT2D eigenvalue weighted by Gasteiger charge is -2.39. The number of carbonyl (C=O) groups excluding carboxylic acids is 1. The molecular weight excluding hydrogens is 178 g/mol. The van der Waals surface area contributed by atoms with E-state index in [1.807, 2.05) is 0 Å². The van der Waals surface area contributed by atoms with Gasteiger partial charge in [0, 0.05) is 13.1 Å². The first-order chi connectivity index (χ1) is 6.77. The predicted octanol–water partition coefficient (Wildman–Crippen LogP) is -0.989. The van der Waals surface area contributed by atoms with Gasteiger partial charge in [0.2, 0.25) is 5.91 Å². The van der Waals surface area contributed by atoms with E-state index in [0.717, 1.165) is 37.3 Å². The molecular formula is C10H17N3O. The van der Waals surface area contributed by atoms with Gasteiger partial charge in [-0.25, -0.2) is 0 Å². The first kappa shape index (κ1) is 8.68. The standard InChI is InChI=1S/C10H17N3O/c11-10(14)9-1-2-13(9)5-8-6-3-12-4-7(6)8/h6-9,12H,1-5H2,(H2,11,14). The maximum absolute atomic E-state index is 11.0. The Hall–Kier alpha value is -0.610. The minimum Gasteiger partial charge on any atom is -0.368 e. The maximum atomic E-state index is 11.0. The van der Waals surface area contributed by atoms with Crippen molar-refractivity contribution in [3.63, 3.8) is 0 Å². The summed E-state index contributed by atoms with van der Waals surface area (Å²) in [5, 5.41) is 3.38. The molecule has 0 aromatic carbocycles. The van der Waals surface area contributed by atoms with E-state index in [9.17, 15) is 4.79 Å². The molecule has 3 aliphatic rings. The molecule has 78 valence electrons. The molecule has 0 aromatic heterocycles. The summed E-state index contributed by atoms with van der Waals surface area (Å²) in [5.41, 5.74) is 5.31. The van der Waals surface area contributed by atoms with Crippen LogP contribution in [0.4, 0.5) is 0 Å². The topological polar surface area (TPSA) is 58.4 Å². The van der Waals surface area contributed by atoms with Gasteiger partial charge in [-0.15, -0.1) is 0 Å². The summed E-state index contributed by atoms with van der Waals surface area (Å²) in [5.74, 6) is 2.49. The molecule has 1 amide bonds. The minimum atomic E-state index is -0.139. The summed E-state index contributed by atoms with van der Waals surface area (Å²) < 4.78 is 0. The van der Waals surface area contributed by atoms with E-state index in [2.05, 4.69) is 10.2 Å². The molecule has 3 atom stereocenters. The number of primary amides is 1. The van der Waals surface area contributed by atoms with Crippen LogP contribution in [0.5, 0.6) is 0 Å². The quantitative estimate of drug-likeness (QED) is 0.608. The van der Waals surface area contributed by atoms with Crippen LogP contribution in [0.1, 0.15) is 6.42 Å². The summed E-state index contributed by atoms with van der Waals surface area (Å²) in [4.78, 5) is 13.3. The highest BCUT2D eigenvalue weighted by atomic mass is 16.1. The van der Waals surface area contributed by atoms with E-state index in [1.54, 1.807) is 0 Å². The lowest BCUT2D eigenvalue weighted by molar-refractivity contribution is -0.127. The molecule has 4 heteroatoms. The van der Waals surface area contributed by atoms with Crippen molar-refractivity contribution in [2.45, 2.75) is 12.5 Å². The van der Waals surface area contributed by atoms with E-state index >= 15 is 0 Å². The Morgan fingerprint density at radius 1 is 1.43 bits per heavy atom. The number of carbonyl (C=O) groups is 1. The first-order valence-corrected chi connectivity index (χ1v) is 5.51. The summed E-state index contributed by atoms with van der Waals surface area (Å²) in [6, 6.07) is 0.0456. The number of likely N-dealkylation sites (tertiary alicyclic amines) is 1. The SMILES string of the molecule is NC(=O)C1CCN1CC1C2CNCC21. The Morgan fingerprint density at radius 2 is 2.14 bits per heavy atom. The summed E-state index contributed by atoms with van der Waals surface area (Å²) in [6.07, 6.45) is 0.968. The summed E-state index contributed by atoms with van der Waals surface area (Å²) in [7, 11) is 0. The zero-order chi connectivity index (χ0) is 9.71. The van der Waals surface area contributed by atoms with Crippen molar-refractivity contribution in [3.05, 3.63) is 0 Å². The van der Waals surface area contributed by atoms with Gasteiger partial charge in [-0.2, -0.15) is 0 Å².